The molecule has 0 spiro atoms. The molecule has 0 saturated heterocycles. The molecule has 6 nitrogen and oxygen atoms in total. The molecule has 0 aliphatic rings. The SMILES string of the molecule is CCC/C=C\C/C=C\CCCCCCCC(=O)OC(COC(=O)CCCCCCCCC/C=C\C/C=C\CCCCCC)COC(=O)CCCCCCCCCCC. The molecule has 0 N–H and O–H groups in total. The van der Waals surface area contributed by atoms with E-state index in [-0.39, 0.29) is 31.1 Å². The van der Waals surface area contributed by atoms with Gasteiger partial charge in [0.05, 0.1) is 0 Å². The van der Waals surface area contributed by atoms with Crippen molar-refractivity contribution in [3.63, 3.8) is 0 Å². The number of esters is 3. The smallest absolute Gasteiger partial charge is 0.306 e. The van der Waals surface area contributed by atoms with Crippen molar-refractivity contribution >= 4 is 17.9 Å². The first-order valence-corrected chi connectivity index (χ1v) is 24.6. The molecule has 0 aromatic heterocycles. The van der Waals surface area contributed by atoms with E-state index in [9.17, 15) is 14.4 Å². The lowest BCUT2D eigenvalue weighted by Gasteiger charge is -2.18. The zero-order valence-corrected chi connectivity index (χ0v) is 38.3. The monoisotopic (exact) mass is 813 g/mol. The third-order valence-corrected chi connectivity index (χ3v) is 10.5. The number of allylic oxidation sites excluding steroid dienone is 8. The van der Waals surface area contributed by atoms with Crippen molar-refractivity contribution < 1.29 is 28.6 Å². The first kappa shape index (κ1) is 55.4. The highest BCUT2D eigenvalue weighted by molar-refractivity contribution is 5.71. The molecule has 0 aliphatic carbocycles. The molecule has 0 aliphatic heterocycles. The summed E-state index contributed by atoms with van der Waals surface area (Å²) in [5.74, 6) is -0.902. The summed E-state index contributed by atoms with van der Waals surface area (Å²) in [6.07, 6.45) is 55.2. The number of carbonyl (C=O) groups excluding carboxylic acids is 3. The Morgan fingerprint density at radius 3 is 1.03 bits per heavy atom. The zero-order chi connectivity index (χ0) is 42.3. The lowest BCUT2D eigenvalue weighted by Crippen LogP contribution is -2.30. The molecule has 0 bridgehead atoms. The van der Waals surface area contributed by atoms with Gasteiger partial charge in [0.15, 0.2) is 6.10 Å². The van der Waals surface area contributed by atoms with Crippen LogP contribution in [-0.2, 0) is 28.6 Å². The van der Waals surface area contributed by atoms with E-state index >= 15 is 0 Å². The molecule has 1 atom stereocenters. The summed E-state index contributed by atoms with van der Waals surface area (Å²) in [4.78, 5) is 37.8. The highest BCUT2D eigenvalue weighted by Gasteiger charge is 2.19. The van der Waals surface area contributed by atoms with Gasteiger partial charge in [-0.15, -0.1) is 0 Å². The minimum Gasteiger partial charge on any atom is -0.462 e. The van der Waals surface area contributed by atoms with E-state index in [4.69, 9.17) is 14.2 Å². The van der Waals surface area contributed by atoms with Gasteiger partial charge in [0.1, 0.15) is 13.2 Å². The number of carbonyl (C=O) groups is 3. The number of hydrogen-bond acceptors (Lipinski definition) is 6. The normalized spacial score (nSPS) is 12.4. The van der Waals surface area contributed by atoms with Gasteiger partial charge in [0.25, 0.3) is 0 Å². The van der Waals surface area contributed by atoms with Crippen molar-refractivity contribution in [3.05, 3.63) is 48.6 Å². The highest BCUT2D eigenvalue weighted by atomic mass is 16.6. The minimum absolute atomic E-state index is 0.0801. The maximum absolute atomic E-state index is 12.7. The Balaban J connectivity index is 4.33. The maximum atomic E-state index is 12.7. The van der Waals surface area contributed by atoms with Crippen molar-refractivity contribution in [3.8, 4) is 0 Å². The summed E-state index contributed by atoms with van der Waals surface area (Å²) >= 11 is 0. The lowest BCUT2D eigenvalue weighted by atomic mass is 10.1. The molecular formula is C52H92O6. The molecule has 0 saturated carbocycles. The molecule has 1 unspecified atom stereocenters. The average molecular weight is 813 g/mol. The third-order valence-electron chi connectivity index (χ3n) is 10.5. The Bertz CT molecular complexity index is 1030. The van der Waals surface area contributed by atoms with Crippen molar-refractivity contribution in [2.24, 2.45) is 0 Å². The molecule has 0 fully saturated rings. The standard InChI is InChI=1S/C52H92O6/c1-4-7-10-13-16-19-21-23-24-25-26-27-29-30-33-36-39-42-45-51(54)57-48-49(47-56-50(53)44-41-38-35-32-18-15-12-9-6-3)58-52(55)46-43-40-37-34-31-28-22-20-17-14-11-8-5-2/h11,14,19-22,24-25,49H,4-10,12-13,15-18,23,26-48H2,1-3H3/b14-11-,21-19-,22-20-,25-24-. The van der Waals surface area contributed by atoms with Gasteiger partial charge in [0.2, 0.25) is 0 Å². The van der Waals surface area contributed by atoms with Gasteiger partial charge in [0, 0.05) is 19.3 Å². The summed E-state index contributed by atoms with van der Waals surface area (Å²) in [5.41, 5.74) is 0. The van der Waals surface area contributed by atoms with E-state index in [1.54, 1.807) is 0 Å². The molecule has 58 heavy (non-hydrogen) atoms. The molecule has 0 aromatic carbocycles. The van der Waals surface area contributed by atoms with Crippen LogP contribution < -0.4 is 0 Å². The predicted octanol–water partition coefficient (Wildman–Crippen LogP) is 15.9. The third kappa shape index (κ3) is 44.5. The summed E-state index contributed by atoms with van der Waals surface area (Å²) in [6, 6.07) is 0. The quantitative estimate of drug-likeness (QED) is 0.0264. The maximum Gasteiger partial charge on any atom is 0.306 e. The second-order valence-electron chi connectivity index (χ2n) is 16.4. The van der Waals surface area contributed by atoms with Crippen LogP contribution in [0.2, 0.25) is 0 Å². The van der Waals surface area contributed by atoms with Crippen LogP contribution in [0.1, 0.15) is 245 Å². The Morgan fingerprint density at radius 2 is 0.655 bits per heavy atom. The summed E-state index contributed by atoms with van der Waals surface area (Å²) in [5, 5.41) is 0. The molecule has 0 amide bonds. The Hall–Kier alpha value is -2.63. The van der Waals surface area contributed by atoms with Crippen molar-refractivity contribution in [1.82, 2.24) is 0 Å². The topological polar surface area (TPSA) is 78.9 Å². The van der Waals surface area contributed by atoms with Crippen LogP contribution in [0.15, 0.2) is 48.6 Å². The van der Waals surface area contributed by atoms with E-state index in [1.165, 1.54) is 103 Å². The van der Waals surface area contributed by atoms with Crippen molar-refractivity contribution in [2.75, 3.05) is 13.2 Å². The summed E-state index contributed by atoms with van der Waals surface area (Å²) < 4.78 is 16.7. The van der Waals surface area contributed by atoms with E-state index in [0.717, 1.165) is 103 Å². The lowest BCUT2D eigenvalue weighted by molar-refractivity contribution is -0.167. The Kier molecular flexibility index (Phi) is 44.9. The van der Waals surface area contributed by atoms with E-state index in [2.05, 4.69) is 69.4 Å². The highest BCUT2D eigenvalue weighted by Crippen LogP contribution is 2.14. The molecule has 0 heterocycles. The Labute approximate surface area is 358 Å². The van der Waals surface area contributed by atoms with Crippen LogP contribution in [0.5, 0.6) is 0 Å². The number of ether oxygens (including phenoxy) is 3. The molecule has 6 heteroatoms. The summed E-state index contributed by atoms with van der Waals surface area (Å²) in [6.45, 7) is 6.52. The molecular weight excluding hydrogens is 721 g/mol. The van der Waals surface area contributed by atoms with Gasteiger partial charge in [-0.3, -0.25) is 14.4 Å². The van der Waals surface area contributed by atoms with E-state index in [1.807, 2.05) is 0 Å². The largest absolute Gasteiger partial charge is 0.462 e. The fraction of sp³-hybridized carbons (Fsp3) is 0.788. The van der Waals surface area contributed by atoms with E-state index in [0.29, 0.717) is 19.3 Å². The summed E-state index contributed by atoms with van der Waals surface area (Å²) in [7, 11) is 0. The fourth-order valence-electron chi connectivity index (χ4n) is 6.80. The van der Waals surface area contributed by atoms with E-state index < -0.39 is 6.10 Å². The second-order valence-corrected chi connectivity index (χ2v) is 16.4. The molecule has 0 rings (SSSR count). The number of rotatable bonds is 44. The van der Waals surface area contributed by atoms with Crippen LogP contribution in [-0.4, -0.2) is 37.2 Å². The van der Waals surface area contributed by atoms with Crippen LogP contribution in [0.25, 0.3) is 0 Å². The number of unbranched alkanes of at least 4 members (excludes halogenated alkanes) is 25. The van der Waals surface area contributed by atoms with Gasteiger partial charge in [-0.05, 0) is 77.0 Å². The van der Waals surface area contributed by atoms with Crippen LogP contribution in [0.3, 0.4) is 0 Å². The molecule has 0 radical (unpaired) electrons. The number of hydrogen-bond donors (Lipinski definition) is 0. The first-order valence-electron chi connectivity index (χ1n) is 24.6. The van der Waals surface area contributed by atoms with Gasteiger partial charge in [-0.25, -0.2) is 0 Å². The molecule has 0 aromatic rings. The van der Waals surface area contributed by atoms with Gasteiger partial charge in [-0.2, -0.15) is 0 Å². The second kappa shape index (κ2) is 47.1. The van der Waals surface area contributed by atoms with Crippen LogP contribution in [0.4, 0.5) is 0 Å². The first-order chi connectivity index (χ1) is 28.5. The van der Waals surface area contributed by atoms with Crippen LogP contribution >= 0.6 is 0 Å². The fourth-order valence-corrected chi connectivity index (χ4v) is 6.80. The van der Waals surface area contributed by atoms with Crippen molar-refractivity contribution in [2.45, 2.75) is 252 Å². The minimum atomic E-state index is -0.779. The van der Waals surface area contributed by atoms with Crippen LogP contribution in [0, 0.1) is 0 Å². The van der Waals surface area contributed by atoms with Gasteiger partial charge < -0.3 is 14.2 Å². The van der Waals surface area contributed by atoms with Crippen molar-refractivity contribution in [1.29, 1.82) is 0 Å². The zero-order valence-electron chi connectivity index (χ0n) is 38.3. The van der Waals surface area contributed by atoms with Gasteiger partial charge >= 0.3 is 17.9 Å². The average Bonchev–Trinajstić information content (AvgIpc) is 3.22. The Morgan fingerprint density at radius 1 is 0.345 bits per heavy atom. The predicted molar refractivity (Wildman–Crippen MR) is 247 cm³/mol. The van der Waals surface area contributed by atoms with Gasteiger partial charge in [-0.1, -0.05) is 198 Å². The molecule has 336 valence electrons.